The Hall–Kier alpha value is -2.27. The van der Waals surface area contributed by atoms with Gasteiger partial charge in [-0.05, 0) is 43.9 Å². The summed E-state index contributed by atoms with van der Waals surface area (Å²) in [6, 6.07) is 19.8. The zero-order valence-electron chi connectivity index (χ0n) is 17.8. The van der Waals surface area contributed by atoms with Crippen LogP contribution < -0.4 is 5.32 Å². The molecular formula is C25H32N2O2S. The van der Waals surface area contributed by atoms with Gasteiger partial charge in [0, 0.05) is 17.5 Å². The van der Waals surface area contributed by atoms with Gasteiger partial charge in [0.05, 0.1) is 5.75 Å². The molecule has 0 aromatic heterocycles. The van der Waals surface area contributed by atoms with Gasteiger partial charge in [-0.3, -0.25) is 9.59 Å². The highest BCUT2D eigenvalue weighted by Crippen LogP contribution is 2.20. The largest absolute Gasteiger partial charge is 0.352 e. The summed E-state index contributed by atoms with van der Waals surface area (Å²) in [4.78, 5) is 28.8. The molecule has 0 aliphatic heterocycles. The van der Waals surface area contributed by atoms with Gasteiger partial charge in [0.25, 0.3) is 0 Å². The Morgan fingerprint density at radius 3 is 2.30 bits per heavy atom. The van der Waals surface area contributed by atoms with Crippen molar-refractivity contribution in [2.45, 2.75) is 62.4 Å². The van der Waals surface area contributed by atoms with E-state index in [0.29, 0.717) is 12.3 Å². The van der Waals surface area contributed by atoms with Crippen molar-refractivity contribution in [1.82, 2.24) is 10.2 Å². The van der Waals surface area contributed by atoms with Crippen molar-refractivity contribution in [3.8, 4) is 0 Å². The minimum atomic E-state index is -0.473. The fraction of sp³-hybridized carbons (Fsp3) is 0.440. The molecule has 1 aliphatic rings. The number of nitrogens with zero attached hydrogens (tertiary/aromatic N) is 1. The molecule has 2 aromatic carbocycles. The minimum Gasteiger partial charge on any atom is -0.352 e. The molecule has 160 valence electrons. The molecule has 4 nitrogen and oxygen atoms in total. The molecule has 5 heteroatoms. The highest BCUT2D eigenvalue weighted by molar-refractivity contribution is 8.00. The lowest BCUT2D eigenvalue weighted by atomic mass is 9.95. The third kappa shape index (κ3) is 6.91. The Balaban J connectivity index is 1.63. The van der Waals surface area contributed by atoms with Crippen LogP contribution >= 0.6 is 11.8 Å². The smallest absolute Gasteiger partial charge is 0.242 e. The van der Waals surface area contributed by atoms with E-state index < -0.39 is 6.04 Å². The van der Waals surface area contributed by atoms with Crippen LogP contribution in [0.5, 0.6) is 0 Å². The average Bonchev–Trinajstić information content (AvgIpc) is 2.79. The summed E-state index contributed by atoms with van der Waals surface area (Å²) >= 11 is 1.52. The fourth-order valence-electron chi connectivity index (χ4n) is 3.88. The first kappa shape index (κ1) is 22.4. The molecule has 1 aliphatic carbocycles. The Kier molecular flexibility index (Phi) is 8.81. The normalized spacial score (nSPS) is 15.4. The van der Waals surface area contributed by atoms with Gasteiger partial charge in [0.15, 0.2) is 0 Å². The lowest BCUT2D eigenvalue weighted by Crippen LogP contribution is -2.51. The molecule has 3 rings (SSSR count). The zero-order chi connectivity index (χ0) is 21.2. The zero-order valence-corrected chi connectivity index (χ0v) is 18.6. The molecule has 0 heterocycles. The van der Waals surface area contributed by atoms with Crippen LogP contribution in [0.15, 0.2) is 65.6 Å². The first-order valence-corrected chi connectivity index (χ1v) is 11.9. The summed E-state index contributed by atoms with van der Waals surface area (Å²) in [6.07, 6.45) is 6.41. The van der Waals surface area contributed by atoms with Crippen molar-refractivity contribution in [1.29, 1.82) is 0 Å². The first-order valence-electron chi connectivity index (χ1n) is 10.9. The lowest BCUT2D eigenvalue weighted by Gasteiger charge is -2.31. The van der Waals surface area contributed by atoms with Gasteiger partial charge in [-0.15, -0.1) is 11.8 Å². The van der Waals surface area contributed by atoms with Crippen LogP contribution in [0.1, 0.15) is 44.6 Å². The molecule has 30 heavy (non-hydrogen) atoms. The Morgan fingerprint density at radius 2 is 1.63 bits per heavy atom. The second-order valence-corrected chi connectivity index (χ2v) is 8.99. The maximum absolute atomic E-state index is 13.1. The highest BCUT2D eigenvalue weighted by atomic mass is 32.2. The van der Waals surface area contributed by atoms with Crippen LogP contribution in [-0.2, 0) is 16.0 Å². The van der Waals surface area contributed by atoms with Crippen molar-refractivity contribution < 1.29 is 9.59 Å². The number of carbonyl (C=O) groups is 2. The van der Waals surface area contributed by atoms with E-state index in [-0.39, 0.29) is 17.9 Å². The number of hydrogen-bond acceptors (Lipinski definition) is 3. The van der Waals surface area contributed by atoms with Gasteiger partial charge in [0.1, 0.15) is 6.04 Å². The van der Waals surface area contributed by atoms with Gasteiger partial charge in [-0.25, -0.2) is 0 Å². The number of nitrogens with one attached hydrogen (secondary N) is 1. The van der Waals surface area contributed by atoms with Gasteiger partial charge in [0.2, 0.25) is 11.8 Å². The SMILES string of the molecule is C[C@@H](C(=O)NC1CCCCC1)N(CCc1ccccc1)C(=O)CSc1ccccc1. The number of thioether (sulfide) groups is 1. The van der Waals surface area contributed by atoms with Crippen LogP contribution in [0.2, 0.25) is 0 Å². The van der Waals surface area contributed by atoms with E-state index in [4.69, 9.17) is 0 Å². The van der Waals surface area contributed by atoms with Crippen molar-refractivity contribution in [3.05, 3.63) is 66.2 Å². The Labute approximate surface area is 184 Å². The molecule has 0 unspecified atom stereocenters. The quantitative estimate of drug-likeness (QED) is 0.594. The van der Waals surface area contributed by atoms with E-state index in [2.05, 4.69) is 17.4 Å². The molecule has 0 radical (unpaired) electrons. The monoisotopic (exact) mass is 424 g/mol. The van der Waals surface area contributed by atoms with Crippen molar-refractivity contribution in [3.63, 3.8) is 0 Å². The summed E-state index contributed by atoms with van der Waals surface area (Å²) in [7, 11) is 0. The third-order valence-electron chi connectivity index (χ3n) is 5.71. The topological polar surface area (TPSA) is 49.4 Å². The second-order valence-electron chi connectivity index (χ2n) is 7.94. The molecule has 0 spiro atoms. The molecule has 1 N–H and O–H groups in total. The molecule has 0 bridgehead atoms. The van der Waals surface area contributed by atoms with E-state index in [1.807, 2.05) is 55.5 Å². The van der Waals surface area contributed by atoms with Crippen LogP contribution in [0, 0.1) is 0 Å². The van der Waals surface area contributed by atoms with Crippen LogP contribution in [-0.4, -0.2) is 41.1 Å². The predicted octanol–water partition coefficient (Wildman–Crippen LogP) is 4.69. The van der Waals surface area contributed by atoms with E-state index in [0.717, 1.165) is 24.2 Å². The van der Waals surface area contributed by atoms with Crippen molar-refractivity contribution >= 4 is 23.6 Å². The van der Waals surface area contributed by atoms with E-state index >= 15 is 0 Å². The summed E-state index contributed by atoms with van der Waals surface area (Å²) < 4.78 is 0. The standard InChI is InChI=1S/C25H32N2O2S/c1-20(25(29)26-22-13-7-3-8-14-22)27(18-17-21-11-5-2-6-12-21)24(28)19-30-23-15-9-4-10-16-23/h2,4-6,9-12,15-16,20,22H,3,7-8,13-14,17-19H2,1H3,(H,26,29)/t20-/m0/s1. The van der Waals surface area contributed by atoms with E-state index in [9.17, 15) is 9.59 Å². The Morgan fingerprint density at radius 1 is 1.00 bits per heavy atom. The van der Waals surface area contributed by atoms with Gasteiger partial charge in [-0.1, -0.05) is 67.8 Å². The highest BCUT2D eigenvalue weighted by Gasteiger charge is 2.27. The summed E-state index contributed by atoms with van der Waals surface area (Å²) in [5, 5.41) is 3.19. The summed E-state index contributed by atoms with van der Waals surface area (Å²) in [5.41, 5.74) is 1.17. The summed E-state index contributed by atoms with van der Waals surface area (Å²) in [5.74, 6) is 0.305. The van der Waals surface area contributed by atoms with Gasteiger partial charge < -0.3 is 10.2 Å². The fourth-order valence-corrected chi connectivity index (χ4v) is 4.69. The minimum absolute atomic E-state index is 0.00563. The van der Waals surface area contributed by atoms with Crippen molar-refractivity contribution in [2.24, 2.45) is 0 Å². The van der Waals surface area contributed by atoms with Crippen molar-refractivity contribution in [2.75, 3.05) is 12.3 Å². The average molecular weight is 425 g/mol. The molecule has 2 amide bonds. The first-order chi connectivity index (χ1) is 14.6. The molecule has 2 aromatic rings. The molecule has 1 fully saturated rings. The molecule has 1 atom stereocenters. The number of carbonyl (C=O) groups excluding carboxylic acids is 2. The maximum Gasteiger partial charge on any atom is 0.242 e. The molecule has 0 saturated heterocycles. The van der Waals surface area contributed by atoms with Gasteiger partial charge in [-0.2, -0.15) is 0 Å². The number of amides is 2. The molecule has 1 saturated carbocycles. The number of hydrogen-bond donors (Lipinski definition) is 1. The molecular weight excluding hydrogens is 392 g/mol. The Bertz CT molecular complexity index is 791. The predicted molar refractivity (Wildman–Crippen MR) is 124 cm³/mol. The lowest BCUT2D eigenvalue weighted by molar-refractivity contribution is -0.138. The van der Waals surface area contributed by atoms with E-state index in [1.54, 1.807) is 4.90 Å². The van der Waals surface area contributed by atoms with E-state index in [1.165, 1.54) is 36.6 Å². The second kappa shape index (κ2) is 11.8. The number of rotatable bonds is 9. The van der Waals surface area contributed by atoms with Gasteiger partial charge >= 0.3 is 0 Å². The third-order valence-corrected chi connectivity index (χ3v) is 6.71. The van der Waals surface area contributed by atoms with Crippen LogP contribution in [0.4, 0.5) is 0 Å². The summed E-state index contributed by atoms with van der Waals surface area (Å²) in [6.45, 7) is 2.39. The number of benzene rings is 2. The van der Waals surface area contributed by atoms with Crippen LogP contribution in [0.25, 0.3) is 0 Å². The van der Waals surface area contributed by atoms with Crippen LogP contribution in [0.3, 0.4) is 0 Å². The maximum atomic E-state index is 13.1.